The molecule has 2 aromatic heterocycles. The van der Waals surface area contributed by atoms with Gasteiger partial charge in [-0.25, -0.2) is 9.37 Å². The fourth-order valence-electron chi connectivity index (χ4n) is 1.42. The number of ether oxygens (including phenoxy) is 1. The fraction of sp³-hybridized carbons (Fsp3) is 0.250. The monoisotopic (exact) mass is 236 g/mol. The van der Waals surface area contributed by atoms with Gasteiger partial charge in [-0.3, -0.25) is 0 Å². The maximum absolute atomic E-state index is 13.8. The van der Waals surface area contributed by atoms with Crippen molar-refractivity contribution in [2.75, 3.05) is 7.05 Å². The first-order chi connectivity index (χ1) is 8.31. The highest BCUT2D eigenvalue weighted by Crippen LogP contribution is 2.18. The highest BCUT2D eigenvalue weighted by Gasteiger charge is 2.10. The number of furan rings is 1. The van der Waals surface area contributed by atoms with Crippen LogP contribution in [0.15, 0.2) is 35.1 Å². The Morgan fingerprint density at radius 2 is 2.35 bits per heavy atom. The number of aromatic nitrogens is 1. The van der Waals surface area contributed by atoms with Crippen LogP contribution in [0, 0.1) is 5.82 Å². The molecule has 0 aliphatic heterocycles. The van der Waals surface area contributed by atoms with Crippen molar-refractivity contribution in [3.05, 3.63) is 47.8 Å². The van der Waals surface area contributed by atoms with E-state index in [0.717, 1.165) is 0 Å². The van der Waals surface area contributed by atoms with Gasteiger partial charge in [-0.2, -0.15) is 0 Å². The SMILES string of the molecule is CNCc1ccnc(OCc2ccco2)c1F. The van der Waals surface area contributed by atoms with Crippen molar-refractivity contribution < 1.29 is 13.5 Å². The standard InChI is InChI=1S/C12H13FN2O2/c1-14-7-9-4-5-15-12(11(9)13)17-8-10-3-2-6-16-10/h2-6,14H,7-8H2,1H3. The zero-order valence-corrected chi connectivity index (χ0v) is 9.44. The summed E-state index contributed by atoms with van der Waals surface area (Å²) in [6.07, 6.45) is 3.06. The Hall–Kier alpha value is -1.88. The summed E-state index contributed by atoms with van der Waals surface area (Å²) >= 11 is 0. The van der Waals surface area contributed by atoms with Gasteiger partial charge in [0.15, 0.2) is 5.82 Å². The van der Waals surface area contributed by atoms with E-state index in [0.29, 0.717) is 17.9 Å². The molecule has 5 heteroatoms. The van der Waals surface area contributed by atoms with Crippen molar-refractivity contribution in [2.45, 2.75) is 13.2 Å². The first-order valence-corrected chi connectivity index (χ1v) is 5.24. The lowest BCUT2D eigenvalue weighted by molar-refractivity contribution is 0.247. The molecule has 0 bridgehead atoms. The van der Waals surface area contributed by atoms with E-state index >= 15 is 0 Å². The van der Waals surface area contributed by atoms with Crippen LogP contribution in [0.2, 0.25) is 0 Å². The molecule has 2 rings (SSSR count). The van der Waals surface area contributed by atoms with Crippen LogP contribution in [0.25, 0.3) is 0 Å². The highest BCUT2D eigenvalue weighted by atomic mass is 19.1. The Bertz CT molecular complexity index is 471. The smallest absolute Gasteiger partial charge is 0.251 e. The number of nitrogens with zero attached hydrogens (tertiary/aromatic N) is 1. The van der Waals surface area contributed by atoms with Crippen LogP contribution in [0.4, 0.5) is 4.39 Å². The minimum Gasteiger partial charge on any atom is -0.467 e. The number of nitrogens with one attached hydrogen (secondary N) is 1. The van der Waals surface area contributed by atoms with E-state index in [1.807, 2.05) is 0 Å². The Morgan fingerprint density at radius 1 is 1.47 bits per heavy atom. The van der Waals surface area contributed by atoms with Gasteiger partial charge >= 0.3 is 0 Å². The average Bonchev–Trinajstić information content (AvgIpc) is 2.83. The van der Waals surface area contributed by atoms with Crippen LogP contribution in [-0.4, -0.2) is 12.0 Å². The van der Waals surface area contributed by atoms with E-state index < -0.39 is 5.82 Å². The predicted molar refractivity (Wildman–Crippen MR) is 60.0 cm³/mol. The molecular formula is C12H13FN2O2. The van der Waals surface area contributed by atoms with Crippen molar-refractivity contribution in [1.82, 2.24) is 10.3 Å². The van der Waals surface area contributed by atoms with E-state index in [9.17, 15) is 4.39 Å². The van der Waals surface area contributed by atoms with Gasteiger partial charge in [0.2, 0.25) is 0 Å². The molecule has 1 N–H and O–H groups in total. The largest absolute Gasteiger partial charge is 0.467 e. The Kier molecular flexibility index (Phi) is 3.72. The summed E-state index contributed by atoms with van der Waals surface area (Å²) in [7, 11) is 1.75. The van der Waals surface area contributed by atoms with E-state index in [4.69, 9.17) is 9.15 Å². The van der Waals surface area contributed by atoms with Gasteiger partial charge < -0.3 is 14.5 Å². The van der Waals surface area contributed by atoms with Crippen LogP contribution in [-0.2, 0) is 13.2 Å². The van der Waals surface area contributed by atoms with Gasteiger partial charge in [-0.1, -0.05) is 0 Å². The summed E-state index contributed by atoms with van der Waals surface area (Å²) in [5.41, 5.74) is 0.525. The molecule has 0 saturated carbocycles. The third-order valence-corrected chi connectivity index (χ3v) is 2.24. The van der Waals surface area contributed by atoms with Crippen LogP contribution in [0.5, 0.6) is 5.88 Å². The van der Waals surface area contributed by atoms with Crippen molar-refractivity contribution in [1.29, 1.82) is 0 Å². The minimum atomic E-state index is -0.437. The Labute approximate surface area is 98.4 Å². The molecule has 0 fully saturated rings. The first-order valence-electron chi connectivity index (χ1n) is 5.24. The van der Waals surface area contributed by atoms with Crippen LogP contribution in [0.1, 0.15) is 11.3 Å². The Balaban J connectivity index is 2.07. The van der Waals surface area contributed by atoms with Crippen LogP contribution in [0.3, 0.4) is 0 Å². The summed E-state index contributed by atoms with van der Waals surface area (Å²) in [5.74, 6) is 0.188. The Morgan fingerprint density at radius 3 is 3.06 bits per heavy atom. The van der Waals surface area contributed by atoms with Crippen molar-refractivity contribution in [3.63, 3.8) is 0 Å². The van der Waals surface area contributed by atoms with Gasteiger partial charge in [0, 0.05) is 18.3 Å². The molecule has 4 nitrogen and oxygen atoms in total. The lowest BCUT2D eigenvalue weighted by Crippen LogP contribution is -2.09. The molecule has 0 aliphatic rings. The summed E-state index contributed by atoms with van der Waals surface area (Å²) < 4.78 is 24.2. The molecule has 90 valence electrons. The normalized spacial score (nSPS) is 10.5. The maximum Gasteiger partial charge on any atom is 0.251 e. The summed E-state index contributed by atoms with van der Waals surface area (Å²) in [5, 5.41) is 2.88. The quantitative estimate of drug-likeness (QED) is 0.863. The molecule has 0 aliphatic carbocycles. The summed E-state index contributed by atoms with van der Waals surface area (Å²) in [6.45, 7) is 0.603. The van der Waals surface area contributed by atoms with Gasteiger partial charge in [0.05, 0.1) is 6.26 Å². The maximum atomic E-state index is 13.8. The van der Waals surface area contributed by atoms with Gasteiger partial charge in [0.1, 0.15) is 12.4 Å². The van der Waals surface area contributed by atoms with E-state index in [2.05, 4.69) is 10.3 Å². The second-order valence-corrected chi connectivity index (χ2v) is 3.49. The second-order valence-electron chi connectivity index (χ2n) is 3.49. The van der Waals surface area contributed by atoms with E-state index in [-0.39, 0.29) is 12.5 Å². The number of hydrogen-bond donors (Lipinski definition) is 1. The van der Waals surface area contributed by atoms with Gasteiger partial charge in [-0.05, 0) is 25.2 Å². The molecule has 0 radical (unpaired) electrons. The third-order valence-electron chi connectivity index (χ3n) is 2.24. The summed E-state index contributed by atoms with van der Waals surface area (Å²) in [6, 6.07) is 5.13. The van der Waals surface area contributed by atoms with Crippen molar-refractivity contribution in [3.8, 4) is 5.88 Å². The highest BCUT2D eigenvalue weighted by molar-refractivity contribution is 5.23. The predicted octanol–water partition coefficient (Wildman–Crippen LogP) is 2.11. The van der Waals surface area contributed by atoms with Crippen molar-refractivity contribution in [2.24, 2.45) is 0 Å². The molecule has 0 aromatic carbocycles. The van der Waals surface area contributed by atoms with E-state index in [1.54, 1.807) is 31.5 Å². The zero-order valence-electron chi connectivity index (χ0n) is 9.44. The second kappa shape index (κ2) is 5.45. The molecule has 0 atom stereocenters. The number of rotatable bonds is 5. The average molecular weight is 236 g/mol. The zero-order chi connectivity index (χ0) is 12.1. The van der Waals surface area contributed by atoms with E-state index in [1.165, 1.54) is 6.20 Å². The molecule has 2 heterocycles. The van der Waals surface area contributed by atoms with Crippen LogP contribution < -0.4 is 10.1 Å². The molecule has 17 heavy (non-hydrogen) atoms. The molecule has 0 amide bonds. The number of hydrogen-bond acceptors (Lipinski definition) is 4. The topological polar surface area (TPSA) is 47.3 Å². The van der Waals surface area contributed by atoms with Gasteiger partial charge in [-0.15, -0.1) is 0 Å². The number of pyridine rings is 1. The summed E-state index contributed by atoms with van der Waals surface area (Å²) in [4.78, 5) is 3.85. The van der Waals surface area contributed by atoms with Crippen LogP contribution >= 0.6 is 0 Å². The third kappa shape index (κ3) is 2.82. The van der Waals surface area contributed by atoms with Crippen molar-refractivity contribution >= 4 is 0 Å². The molecule has 0 unspecified atom stereocenters. The first kappa shape index (κ1) is 11.6. The molecule has 0 spiro atoms. The molecule has 2 aromatic rings. The molecule has 0 saturated heterocycles. The minimum absolute atomic E-state index is 0.00542. The fourth-order valence-corrected chi connectivity index (χ4v) is 1.42. The molecular weight excluding hydrogens is 223 g/mol. The lowest BCUT2D eigenvalue weighted by Gasteiger charge is -2.07. The number of halogens is 1. The lowest BCUT2D eigenvalue weighted by atomic mass is 10.2. The van der Waals surface area contributed by atoms with Gasteiger partial charge in [0.25, 0.3) is 5.88 Å².